The van der Waals surface area contributed by atoms with Crippen LogP contribution in [0.4, 0.5) is 13.2 Å². The quantitative estimate of drug-likeness (QED) is 0.912. The predicted molar refractivity (Wildman–Crippen MR) is 66.7 cm³/mol. The van der Waals surface area contributed by atoms with Gasteiger partial charge in [0.05, 0.1) is 17.3 Å². The second kappa shape index (κ2) is 5.19. The molecule has 2 N–H and O–H groups in total. The van der Waals surface area contributed by atoms with Gasteiger partial charge in [0, 0.05) is 11.2 Å². The maximum Gasteiger partial charge on any atom is 0.418 e. The Labute approximate surface area is 113 Å². The summed E-state index contributed by atoms with van der Waals surface area (Å²) in [7, 11) is 0. The molecule has 0 radical (unpaired) electrons. The molecule has 6 heteroatoms. The fourth-order valence-electron chi connectivity index (χ4n) is 1.73. The van der Waals surface area contributed by atoms with Crippen molar-refractivity contribution in [3.63, 3.8) is 0 Å². The molecule has 1 unspecified atom stereocenters. The van der Waals surface area contributed by atoms with Crippen molar-refractivity contribution in [2.75, 3.05) is 0 Å². The molecular weight excluding hydrogens is 277 g/mol. The summed E-state index contributed by atoms with van der Waals surface area (Å²) in [4.78, 5) is 3.77. The number of pyridine rings is 1. The fraction of sp³-hybridized carbons (Fsp3) is 0.154. The lowest BCUT2D eigenvalue weighted by molar-refractivity contribution is -0.138. The highest BCUT2D eigenvalue weighted by Gasteiger charge is 2.35. The van der Waals surface area contributed by atoms with E-state index in [4.69, 9.17) is 17.3 Å². The second-order valence-corrected chi connectivity index (χ2v) is 4.40. The van der Waals surface area contributed by atoms with Crippen molar-refractivity contribution in [2.45, 2.75) is 12.2 Å². The van der Waals surface area contributed by atoms with Crippen LogP contribution in [0.15, 0.2) is 42.6 Å². The first kappa shape index (κ1) is 13.8. The number of nitrogens with zero attached hydrogens (tertiary/aromatic N) is 1. The zero-order valence-corrected chi connectivity index (χ0v) is 10.4. The van der Waals surface area contributed by atoms with E-state index < -0.39 is 17.8 Å². The van der Waals surface area contributed by atoms with Gasteiger partial charge in [-0.2, -0.15) is 13.2 Å². The Kier molecular flexibility index (Phi) is 3.78. The number of hydrogen-bond donors (Lipinski definition) is 1. The Morgan fingerprint density at radius 1 is 1.11 bits per heavy atom. The lowest BCUT2D eigenvalue weighted by Gasteiger charge is -2.17. The monoisotopic (exact) mass is 286 g/mol. The minimum Gasteiger partial charge on any atom is -0.319 e. The van der Waals surface area contributed by atoms with Crippen LogP contribution in [0.5, 0.6) is 0 Å². The van der Waals surface area contributed by atoms with E-state index in [0.29, 0.717) is 10.6 Å². The first-order valence-electron chi connectivity index (χ1n) is 5.43. The minimum atomic E-state index is -4.48. The molecule has 1 aromatic heterocycles. The molecule has 2 rings (SSSR count). The average Bonchev–Trinajstić information content (AvgIpc) is 2.38. The van der Waals surface area contributed by atoms with Crippen LogP contribution in [-0.2, 0) is 6.18 Å². The molecule has 2 aromatic rings. The Bertz CT molecular complexity index is 567. The molecule has 0 aliphatic rings. The molecule has 1 atom stereocenters. The third-order valence-corrected chi connectivity index (χ3v) is 2.92. The molecule has 0 saturated heterocycles. The van der Waals surface area contributed by atoms with Crippen molar-refractivity contribution < 1.29 is 13.2 Å². The van der Waals surface area contributed by atoms with Crippen LogP contribution in [0.3, 0.4) is 0 Å². The van der Waals surface area contributed by atoms with E-state index in [9.17, 15) is 13.2 Å². The summed E-state index contributed by atoms with van der Waals surface area (Å²) in [6.45, 7) is 0. The Morgan fingerprint density at radius 3 is 2.32 bits per heavy atom. The molecule has 19 heavy (non-hydrogen) atoms. The maximum atomic E-state index is 12.9. The van der Waals surface area contributed by atoms with Crippen LogP contribution >= 0.6 is 11.6 Å². The van der Waals surface area contributed by atoms with Crippen molar-refractivity contribution in [3.8, 4) is 0 Å². The zero-order chi connectivity index (χ0) is 14.0. The number of alkyl halides is 3. The molecule has 0 saturated carbocycles. The first-order valence-corrected chi connectivity index (χ1v) is 5.80. The van der Waals surface area contributed by atoms with Gasteiger partial charge in [0.15, 0.2) is 0 Å². The highest BCUT2D eigenvalue weighted by Crippen LogP contribution is 2.34. The Hall–Kier alpha value is -1.59. The predicted octanol–water partition coefficient (Wildman–Crippen LogP) is 3.80. The van der Waals surface area contributed by atoms with E-state index in [1.165, 1.54) is 12.3 Å². The molecule has 1 aromatic carbocycles. The van der Waals surface area contributed by atoms with Gasteiger partial charge >= 0.3 is 6.18 Å². The van der Waals surface area contributed by atoms with Crippen molar-refractivity contribution in [1.82, 2.24) is 4.98 Å². The number of rotatable bonds is 2. The molecule has 0 bridgehead atoms. The van der Waals surface area contributed by atoms with Gasteiger partial charge in [0.25, 0.3) is 0 Å². The van der Waals surface area contributed by atoms with Gasteiger partial charge in [-0.3, -0.25) is 4.98 Å². The summed E-state index contributed by atoms with van der Waals surface area (Å²) in [5, 5.41) is 0.494. The van der Waals surface area contributed by atoms with Crippen LogP contribution < -0.4 is 5.73 Å². The van der Waals surface area contributed by atoms with Gasteiger partial charge in [0.1, 0.15) is 0 Å². The van der Waals surface area contributed by atoms with Gasteiger partial charge in [-0.25, -0.2) is 0 Å². The highest BCUT2D eigenvalue weighted by molar-refractivity contribution is 6.30. The molecule has 0 spiro atoms. The van der Waals surface area contributed by atoms with Crippen molar-refractivity contribution in [2.24, 2.45) is 5.73 Å². The van der Waals surface area contributed by atoms with Gasteiger partial charge in [-0.05, 0) is 29.8 Å². The number of nitrogens with two attached hydrogens (primary N) is 1. The Balaban J connectivity index is 2.44. The lowest BCUT2D eigenvalue weighted by atomic mass is 10.00. The van der Waals surface area contributed by atoms with Crippen molar-refractivity contribution in [1.29, 1.82) is 0 Å². The van der Waals surface area contributed by atoms with Crippen molar-refractivity contribution in [3.05, 3.63) is 64.4 Å². The van der Waals surface area contributed by atoms with Crippen molar-refractivity contribution >= 4 is 11.6 Å². The Morgan fingerprint density at radius 2 is 1.74 bits per heavy atom. The smallest absolute Gasteiger partial charge is 0.319 e. The van der Waals surface area contributed by atoms with Crippen LogP contribution in [0.2, 0.25) is 5.02 Å². The topological polar surface area (TPSA) is 38.9 Å². The first-order chi connectivity index (χ1) is 8.89. The molecule has 1 heterocycles. The molecule has 0 fully saturated rings. The molecule has 0 aliphatic heterocycles. The summed E-state index contributed by atoms with van der Waals surface area (Å²) in [6.07, 6.45) is -3.19. The number of benzene rings is 1. The van der Waals surface area contributed by atoms with Crippen LogP contribution in [-0.4, -0.2) is 4.98 Å². The van der Waals surface area contributed by atoms with Gasteiger partial charge < -0.3 is 5.73 Å². The normalized spacial score (nSPS) is 13.3. The van der Waals surface area contributed by atoms with E-state index in [1.54, 1.807) is 24.3 Å². The lowest BCUT2D eigenvalue weighted by Crippen LogP contribution is -2.20. The standard InChI is InChI=1S/C13H10ClF3N2/c14-9-5-3-8(4-6-9)11(18)12-10(13(15,16)17)2-1-7-19-12/h1-7,11H,18H2. The summed E-state index contributed by atoms with van der Waals surface area (Å²) in [6, 6.07) is 7.58. The summed E-state index contributed by atoms with van der Waals surface area (Å²) >= 11 is 5.73. The number of aromatic nitrogens is 1. The van der Waals surface area contributed by atoms with Crippen LogP contribution in [0.1, 0.15) is 22.9 Å². The largest absolute Gasteiger partial charge is 0.418 e. The molecular formula is C13H10ClF3N2. The van der Waals surface area contributed by atoms with E-state index >= 15 is 0 Å². The maximum absolute atomic E-state index is 12.9. The van der Waals surface area contributed by atoms with Gasteiger partial charge in [-0.1, -0.05) is 23.7 Å². The summed E-state index contributed by atoms with van der Waals surface area (Å²) < 4.78 is 38.6. The van der Waals surface area contributed by atoms with Crippen LogP contribution in [0.25, 0.3) is 0 Å². The van der Waals surface area contributed by atoms with E-state index in [2.05, 4.69) is 4.98 Å². The number of hydrogen-bond acceptors (Lipinski definition) is 2. The second-order valence-electron chi connectivity index (χ2n) is 3.96. The molecule has 0 amide bonds. The average molecular weight is 287 g/mol. The SMILES string of the molecule is NC(c1ccc(Cl)cc1)c1ncccc1C(F)(F)F. The van der Waals surface area contributed by atoms with Crippen LogP contribution in [0, 0.1) is 0 Å². The van der Waals surface area contributed by atoms with E-state index in [1.807, 2.05) is 0 Å². The van der Waals surface area contributed by atoms with E-state index in [0.717, 1.165) is 6.07 Å². The summed E-state index contributed by atoms with van der Waals surface area (Å²) in [5.74, 6) is 0. The highest BCUT2D eigenvalue weighted by atomic mass is 35.5. The molecule has 0 aliphatic carbocycles. The summed E-state index contributed by atoms with van der Waals surface area (Å²) in [5.41, 5.74) is 5.36. The molecule has 2 nitrogen and oxygen atoms in total. The van der Waals surface area contributed by atoms with E-state index in [-0.39, 0.29) is 5.69 Å². The minimum absolute atomic E-state index is 0.197. The third kappa shape index (κ3) is 3.05. The van der Waals surface area contributed by atoms with Gasteiger partial charge in [-0.15, -0.1) is 0 Å². The van der Waals surface area contributed by atoms with Gasteiger partial charge in [0.2, 0.25) is 0 Å². The third-order valence-electron chi connectivity index (χ3n) is 2.67. The number of halogens is 4. The zero-order valence-electron chi connectivity index (χ0n) is 9.66. The fourth-order valence-corrected chi connectivity index (χ4v) is 1.86. The molecule has 100 valence electrons.